The van der Waals surface area contributed by atoms with Gasteiger partial charge in [0.2, 0.25) is 0 Å². The second kappa shape index (κ2) is 7.61. The molecule has 0 aliphatic rings. The van der Waals surface area contributed by atoms with Crippen molar-refractivity contribution in [1.82, 2.24) is 0 Å². The SMILES string of the molecule is O=C(O)Cc1c(Nc2c(Cl)cc(Br)cc2Cl)cc(O)c(Br)c1Br. The van der Waals surface area contributed by atoms with Crippen LogP contribution in [0.5, 0.6) is 5.75 Å². The van der Waals surface area contributed by atoms with Crippen LogP contribution in [0.15, 0.2) is 31.6 Å². The minimum atomic E-state index is -1.01. The van der Waals surface area contributed by atoms with Crippen LogP contribution in [0.3, 0.4) is 0 Å². The van der Waals surface area contributed by atoms with E-state index in [0.717, 1.165) is 0 Å². The first kappa shape index (κ1) is 18.9. The minimum absolute atomic E-state index is 0.0575. The number of phenolic OH excluding ortho intramolecular Hbond substituents is 1. The normalized spacial score (nSPS) is 10.7. The summed E-state index contributed by atoms with van der Waals surface area (Å²) in [5.41, 5.74) is 1.24. The molecular formula is C14H8Br3Cl2NO3. The van der Waals surface area contributed by atoms with Crippen molar-refractivity contribution in [2.24, 2.45) is 0 Å². The second-order valence-corrected chi connectivity index (χ2v) is 7.81. The van der Waals surface area contributed by atoms with Gasteiger partial charge in [-0.15, -0.1) is 0 Å². The number of hydrogen-bond acceptors (Lipinski definition) is 3. The van der Waals surface area contributed by atoms with Crippen LogP contribution in [0.4, 0.5) is 11.4 Å². The molecule has 0 saturated carbocycles. The van der Waals surface area contributed by atoms with E-state index in [1.165, 1.54) is 6.07 Å². The number of aromatic hydroxyl groups is 1. The van der Waals surface area contributed by atoms with E-state index in [-0.39, 0.29) is 12.2 Å². The van der Waals surface area contributed by atoms with Gasteiger partial charge in [0.1, 0.15) is 5.75 Å². The third kappa shape index (κ3) is 4.33. The lowest BCUT2D eigenvalue weighted by molar-refractivity contribution is -0.136. The van der Waals surface area contributed by atoms with Gasteiger partial charge in [-0.3, -0.25) is 4.79 Å². The van der Waals surface area contributed by atoms with Crippen molar-refractivity contribution < 1.29 is 15.0 Å². The summed E-state index contributed by atoms with van der Waals surface area (Å²) < 4.78 is 1.52. The van der Waals surface area contributed by atoms with Gasteiger partial charge in [-0.05, 0) is 44.0 Å². The fraction of sp³-hybridized carbons (Fsp3) is 0.0714. The molecule has 4 nitrogen and oxygen atoms in total. The molecule has 0 radical (unpaired) electrons. The molecule has 9 heteroatoms. The van der Waals surface area contributed by atoms with Gasteiger partial charge in [0.05, 0.1) is 26.6 Å². The van der Waals surface area contributed by atoms with Crippen molar-refractivity contribution >= 4 is 88.3 Å². The molecule has 0 saturated heterocycles. The monoisotopic (exact) mass is 545 g/mol. The summed E-state index contributed by atoms with van der Waals surface area (Å²) in [5, 5.41) is 22.8. The van der Waals surface area contributed by atoms with E-state index < -0.39 is 5.97 Å². The van der Waals surface area contributed by atoms with E-state index in [9.17, 15) is 9.90 Å². The molecule has 0 unspecified atom stereocenters. The Bertz CT molecular complexity index is 776. The number of carboxylic acid groups (broad SMARTS) is 1. The van der Waals surface area contributed by atoms with E-state index >= 15 is 0 Å². The first-order valence-corrected chi connectivity index (χ1v) is 9.17. The maximum absolute atomic E-state index is 11.1. The van der Waals surface area contributed by atoms with Gasteiger partial charge >= 0.3 is 5.97 Å². The fourth-order valence-corrected chi connectivity index (χ4v) is 4.10. The predicted octanol–water partition coefficient (Wildman–Crippen LogP) is 6.36. The molecule has 0 heterocycles. The molecular weight excluding hydrogens is 541 g/mol. The smallest absolute Gasteiger partial charge is 0.307 e. The number of halogens is 5. The Morgan fingerprint density at radius 2 is 1.65 bits per heavy atom. The number of hydrogen-bond donors (Lipinski definition) is 3. The molecule has 3 N–H and O–H groups in total. The van der Waals surface area contributed by atoms with E-state index in [0.29, 0.717) is 40.4 Å². The standard InChI is InChI=1S/C14H8Br3Cl2NO3/c15-5-1-7(18)14(8(19)2-5)20-9-4-10(21)13(17)12(16)6(9)3-11(22)23/h1-2,4,20-21H,3H2,(H,22,23). The van der Waals surface area contributed by atoms with Crippen molar-refractivity contribution in [3.8, 4) is 5.75 Å². The summed E-state index contributed by atoms with van der Waals surface area (Å²) >= 11 is 22.1. The lowest BCUT2D eigenvalue weighted by Crippen LogP contribution is -2.06. The van der Waals surface area contributed by atoms with E-state index in [1.807, 2.05) is 0 Å². The molecule has 0 amide bonds. The molecule has 23 heavy (non-hydrogen) atoms. The lowest BCUT2D eigenvalue weighted by atomic mass is 10.1. The van der Waals surface area contributed by atoms with Crippen LogP contribution in [0.1, 0.15) is 5.56 Å². The highest BCUT2D eigenvalue weighted by molar-refractivity contribution is 9.13. The molecule has 0 aliphatic heterocycles. The number of carboxylic acids is 1. The first-order valence-electron chi connectivity index (χ1n) is 6.04. The zero-order chi connectivity index (χ0) is 17.3. The zero-order valence-corrected chi connectivity index (χ0v) is 17.4. The molecule has 0 fully saturated rings. The largest absolute Gasteiger partial charge is 0.507 e. The Morgan fingerprint density at radius 1 is 1.09 bits per heavy atom. The second-order valence-electron chi connectivity index (χ2n) is 4.49. The van der Waals surface area contributed by atoms with Crippen LogP contribution < -0.4 is 5.32 Å². The Kier molecular flexibility index (Phi) is 6.24. The zero-order valence-electron chi connectivity index (χ0n) is 11.1. The van der Waals surface area contributed by atoms with Gasteiger partial charge in [-0.2, -0.15) is 0 Å². The van der Waals surface area contributed by atoms with E-state index in [2.05, 4.69) is 53.1 Å². The summed E-state index contributed by atoms with van der Waals surface area (Å²) in [5.74, 6) is -1.07. The number of aliphatic carboxylic acids is 1. The number of anilines is 2. The summed E-state index contributed by atoms with van der Waals surface area (Å²) in [6, 6.07) is 4.71. The average molecular weight is 549 g/mol. The summed E-state index contributed by atoms with van der Waals surface area (Å²) in [6.07, 6.45) is -0.256. The third-order valence-corrected chi connectivity index (χ3v) is 6.15. The molecule has 0 spiro atoms. The number of rotatable bonds is 4. The molecule has 2 rings (SSSR count). The van der Waals surface area contributed by atoms with Crippen LogP contribution in [-0.2, 0) is 11.2 Å². The third-order valence-electron chi connectivity index (χ3n) is 2.88. The highest BCUT2D eigenvalue weighted by Gasteiger charge is 2.19. The maximum Gasteiger partial charge on any atom is 0.307 e. The fourth-order valence-electron chi connectivity index (χ4n) is 1.88. The Labute approximate surface area is 167 Å². The highest BCUT2D eigenvalue weighted by Crippen LogP contribution is 2.43. The average Bonchev–Trinajstić information content (AvgIpc) is 2.44. The lowest BCUT2D eigenvalue weighted by Gasteiger charge is -2.17. The Hall–Kier alpha value is -0.470. The van der Waals surface area contributed by atoms with Crippen LogP contribution >= 0.6 is 71.0 Å². The Balaban J connectivity index is 2.58. The van der Waals surface area contributed by atoms with Crippen molar-refractivity contribution in [3.05, 3.63) is 47.2 Å². The van der Waals surface area contributed by atoms with Crippen molar-refractivity contribution in [2.75, 3.05) is 5.32 Å². The number of phenols is 1. The summed E-state index contributed by atoms with van der Waals surface area (Å²) in [4.78, 5) is 11.1. The van der Waals surface area contributed by atoms with Gasteiger partial charge in [0, 0.05) is 26.3 Å². The maximum atomic E-state index is 11.1. The van der Waals surface area contributed by atoms with E-state index in [4.69, 9.17) is 28.3 Å². The topological polar surface area (TPSA) is 69.6 Å². The van der Waals surface area contributed by atoms with Gasteiger partial charge in [0.25, 0.3) is 0 Å². The molecule has 122 valence electrons. The van der Waals surface area contributed by atoms with Gasteiger partial charge in [-0.25, -0.2) is 0 Å². The number of carbonyl (C=O) groups is 1. The van der Waals surface area contributed by atoms with Crippen LogP contribution in [0.25, 0.3) is 0 Å². The van der Waals surface area contributed by atoms with Crippen molar-refractivity contribution in [3.63, 3.8) is 0 Å². The number of benzene rings is 2. The van der Waals surface area contributed by atoms with Crippen molar-refractivity contribution in [2.45, 2.75) is 6.42 Å². The van der Waals surface area contributed by atoms with Gasteiger partial charge in [-0.1, -0.05) is 39.1 Å². The van der Waals surface area contributed by atoms with Gasteiger partial charge < -0.3 is 15.5 Å². The summed E-state index contributed by atoms with van der Waals surface area (Å²) in [6.45, 7) is 0. The first-order chi connectivity index (χ1) is 10.7. The Morgan fingerprint density at radius 3 is 2.17 bits per heavy atom. The summed E-state index contributed by atoms with van der Waals surface area (Å²) in [7, 11) is 0. The van der Waals surface area contributed by atoms with Crippen molar-refractivity contribution in [1.29, 1.82) is 0 Å². The molecule has 0 atom stereocenters. The quantitative estimate of drug-likeness (QED) is 0.416. The van der Waals surface area contributed by atoms with Crippen LogP contribution in [-0.4, -0.2) is 16.2 Å². The van der Waals surface area contributed by atoms with Crippen LogP contribution in [0, 0.1) is 0 Å². The minimum Gasteiger partial charge on any atom is -0.507 e. The molecule has 0 aromatic heterocycles. The predicted molar refractivity (Wildman–Crippen MR) is 102 cm³/mol. The molecule has 0 aliphatic carbocycles. The molecule has 0 bridgehead atoms. The number of nitrogens with one attached hydrogen (secondary N) is 1. The van der Waals surface area contributed by atoms with Gasteiger partial charge in [0.15, 0.2) is 0 Å². The molecule has 2 aromatic rings. The molecule has 2 aromatic carbocycles. The van der Waals surface area contributed by atoms with E-state index in [1.54, 1.807) is 12.1 Å². The highest BCUT2D eigenvalue weighted by atomic mass is 79.9. The van der Waals surface area contributed by atoms with Crippen LogP contribution in [0.2, 0.25) is 10.0 Å².